The molecule has 0 saturated carbocycles. The molecule has 6 nitrogen and oxygen atoms in total. The first-order chi connectivity index (χ1) is 24.4. The molecule has 6 heteroatoms. The fourth-order valence-corrected chi connectivity index (χ4v) is 4.82. The van der Waals surface area contributed by atoms with Crippen molar-refractivity contribution in [2.45, 2.75) is 158 Å². The van der Waals surface area contributed by atoms with Gasteiger partial charge in [-0.3, -0.25) is 9.97 Å². The van der Waals surface area contributed by atoms with Gasteiger partial charge in [-0.25, -0.2) is 19.9 Å². The van der Waals surface area contributed by atoms with Crippen LogP contribution in [0, 0.1) is 0 Å². The van der Waals surface area contributed by atoms with Crippen LogP contribution in [0.5, 0.6) is 0 Å². The molecule has 0 saturated heterocycles. The fraction of sp³-hybridized carbons (Fsp3) is 0.522. The van der Waals surface area contributed by atoms with Crippen molar-refractivity contribution in [2.24, 2.45) is 0 Å². The summed E-state index contributed by atoms with van der Waals surface area (Å²) in [7, 11) is 0. The summed E-state index contributed by atoms with van der Waals surface area (Å²) in [4.78, 5) is 26.4. The highest BCUT2D eigenvalue weighted by molar-refractivity contribution is 5.75. The van der Waals surface area contributed by atoms with Crippen LogP contribution < -0.4 is 0 Å². The summed E-state index contributed by atoms with van der Waals surface area (Å²) < 4.78 is 0. The van der Waals surface area contributed by atoms with E-state index in [1.165, 1.54) is 33.6 Å². The van der Waals surface area contributed by atoms with Crippen molar-refractivity contribution in [3.8, 4) is 0 Å². The molecule has 0 atom stereocenters. The van der Waals surface area contributed by atoms with E-state index >= 15 is 0 Å². The lowest BCUT2D eigenvalue weighted by molar-refractivity contribution is 0.754. The number of aromatic nitrogens is 6. The molecule has 0 bridgehead atoms. The highest BCUT2D eigenvalue weighted by Gasteiger charge is 2.07. The summed E-state index contributed by atoms with van der Waals surface area (Å²) in [6.45, 7) is 34.6. The molecule has 0 radical (unpaired) electrons. The largest absolute Gasteiger partial charge is 0.261 e. The number of nitrogens with zero attached hydrogens (tertiary/aromatic N) is 6. The van der Waals surface area contributed by atoms with Crippen LogP contribution in [0.15, 0.2) is 73.4 Å². The van der Waals surface area contributed by atoms with Crippen molar-refractivity contribution in [1.29, 1.82) is 0 Å². The van der Waals surface area contributed by atoms with Crippen LogP contribution in [-0.4, -0.2) is 29.9 Å². The maximum Gasteiger partial charge on any atom is 0.159 e. The molecule has 0 N–H and O–H groups in total. The molecule has 0 fully saturated rings. The van der Waals surface area contributed by atoms with E-state index in [1.807, 2.05) is 31.0 Å². The molecule has 0 aromatic carbocycles. The molecule has 5 aromatic rings. The first kappa shape index (κ1) is 44.1. The topological polar surface area (TPSA) is 77.3 Å². The van der Waals surface area contributed by atoms with E-state index < -0.39 is 0 Å². The summed E-state index contributed by atoms with van der Waals surface area (Å²) in [5.41, 5.74) is 9.44. The minimum atomic E-state index is 0.422. The molecular formula is C46H68N6. The third kappa shape index (κ3) is 14.5. The van der Waals surface area contributed by atoms with E-state index in [2.05, 4.69) is 183 Å². The lowest BCUT2D eigenvalue weighted by Gasteiger charge is -2.08. The average molecular weight is 705 g/mol. The van der Waals surface area contributed by atoms with Crippen molar-refractivity contribution in [2.75, 3.05) is 0 Å². The molecule has 5 rings (SSSR count). The maximum absolute atomic E-state index is 4.56. The van der Waals surface area contributed by atoms with Gasteiger partial charge in [0.05, 0.1) is 0 Å². The summed E-state index contributed by atoms with van der Waals surface area (Å²) in [6, 6.07) is 15.0. The van der Waals surface area contributed by atoms with Gasteiger partial charge in [-0.1, -0.05) is 123 Å². The minimum absolute atomic E-state index is 0.422. The summed E-state index contributed by atoms with van der Waals surface area (Å²) >= 11 is 0. The second-order valence-corrected chi connectivity index (χ2v) is 16.2. The van der Waals surface area contributed by atoms with Gasteiger partial charge in [-0.15, -0.1) is 0 Å². The predicted octanol–water partition coefficient (Wildman–Crippen LogP) is 13.3. The Balaban J connectivity index is 0.000000242. The quantitative estimate of drug-likeness (QED) is 0.160. The van der Waals surface area contributed by atoms with Crippen LogP contribution in [0.4, 0.5) is 0 Å². The monoisotopic (exact) mass is 705 g/mol. The molecule has 282 valence electrons. The number of hydrogen-bond acceptors (Lipinski definition) is 6. The van der Waals surface area contributed by atoms with E-state index in [0.29, 0.717) is 47.3 Å². The van der Waals surface area contributed by atoms with Gasteiger partial charge >= 0.3 is 0 Å². The molecule has 0 aliphatic rings. The second-order valence-electron chi connectivity index (χ2n) is 16.2. The van der Waals surface area contributed by atoms with Crippen molar-refractivity contribution >= 4 is 11.0 Å². The molecule has 0 spiro atoms. The Bertz CT molecular complexity index is 1460. The van der Waals surface area contributed by atoms with E-state index in [9.17, 15) is 0 Å². The molecule has 52 heavy (non-hydrogen) atoms. The molecule has 0 amide bonds. The standard InChI is InChI=1S/C14H18N2.2C11H17N.C10H16N2/c1-9(2)12-7-11-5-6-13(10(3)4)16-14(11)15-8-12;2*1-8(2)10-5-6-11(9(3)4)12-7-10;1-7(2)9-5-11-10(8(3)4)12-6-9/h5-10H,1-4H3;2*5-9H,1-4H3;5-8H,1-4H3. The number of hydrogen-bond donors (Lipinski definition) is 0. The van der Waals surface area contributed by atoms with Gasteiger partial charge in [-0.2, -0.15) is 0 Å². The molecule has 0 unspecified atom stereocenters. The number of fused-ring (bicyclic) bond motifs is 1. The van der Waals surface area contributed by atoms with Crippen LogP contribution in [0.25, 0.3) is 11.0 Å². The summed E-state index contributed by atoms with van der Waals surface area (Å²) in [5, 5.41) is 1.13. The second kappa shape index (κ2) is 21.5. The SMILES string of the molecule is CC(C)c1ccc(C(C)C)nc1.CC(C)c1ccc(C(C)C)nc1.CC(C)c1cnc(C(C)C)nc1.CC(C)c1cnc2nc(C(C)C)ccc2c1. The fourth-order valence-electron chi connectivity index (χ4n) is 4.82. The van der Waals surface area contributed by atoms with Crippen molar-refractivity contribution < 1.29 is 0 Å². The van der Waals surface area contributed by atoms with Crippen molar-refractivity contribution in [3.63, 3.8) is 0 Å². The Kier molecular flexibility index (Phi) is 18.2. The lowest BCUT2D eigenvalue weighted by Crippen LogP contribution is -1.99. The van der Waals surface area contributed by atoms with E-state index in [4.69, 9.17) is 0 Å². The lowest BCUT2D eigenvalue weighted by atomic mass is 10.0. The molecule has 5 heterocycles. The van der Waals surface area contributed by atoms with E-state index in [-0.39, 0.29) is 0 Å². The van der Waals surface area contributed by atoms with Gasteiger partial charge in [0.2, 0.25) is 0 Å². The van der Waals surface area contributed by atoms with Crippen LogP contribution in [0.3, 0.4) is 0 Å². The van der Waals surface area contributed by atoms with Crippen LogP contribution in [0.1, 0.15) is 203 Å². The average Bonchev–Trinajstić information content (AvgIpc) is 3.11. The van der Waals surface area contributed by atoms with E-state index in [0.717, 1.165) is 22.6 Å². The Morgan fingerprint density at radius 1 is 0.327 bits per heavy atom. The van der Waals surface area contributed by atoms with Gasteiger partial charge in [0, 0.05) is 59.4 Å². The Labute approximate surface area is 316 Å². The minimum Gasteiger partial charge on any atom is -0.261 e. The zero-order valence-corrected chi connectivity index (χ0v) is 35.2. The normalized spacial score (nSPS) is 11.3. The summed E-state index contributed by atoms with van der Waals surface area (Å²) in [5.74, 6) is 5.07. The molecule has 0 aliphatic carbocycles. The zero-order valence-electron chi connectivity index (χ0n) is 35.2. The maximum atomic E-state index is 4.56. The Hall–Kier alpha value is -4.06. The Morgan fingerprint density at radius 2 is 0.712 bits per heavy atom. The molecular weight excluding hydrogens is 637 g/mol. The number of pyridine rings is 4. The first-order valence-corrected chi connectivity index (χ1v) is 19.4. The third-order valence-electron chi connectivity index (χ3n) is 8.85. The highest BCUT2D eigenvalue weighted by Crippen LogP contribution is 2.21. The molecule has 5 aromatic heterocycles. The number of rotatable bonds is 8. The van der Waals surface area contributed by atoms with E-state index in [1.54, 1.807) is 0 Å². The summed E-state index contributed by atoms with van der Waals surface area (Å²) in [6.07, 6.45) is 9.75. The predicted molar refractivity (Wildman–Crippen MR) is 223 cm³/mol. The zero-order chi connectivity index (χ0) is 39.1. The van der Waals surface area contributed by atoms with Crippen LogP contribution in [-0.2, 0) is 0 Å². The molecule has 0 aliphatic heterocycles. The van der Waals surface area contributed by atoms with Crippen LogP contribution in [0.2, 0.25) is 0 Å². The van der Waals surface area contributed by atoms with Crippen LogP contribution >= 0.6 is 0 Å². The van der Waals surface area contributed by atoms with Gasteiger partial charge < -0.3 is 0 Å². The Morgan fingerprint density at radius 3 is 1.06 bits per heavy atom. The van der Waals surface area contributed by atoms with Gasteiger partial charge in [0.15, 0.2) is 5.65 Å². The highest BCUT2D eigenvalue weighted by atomic mass is 14.9. The van der Waals surface area contributed by atoms with Gasteiger partial charge in [0.25, 0.3) is 0 Å². The van der Waals surface area contributed by atoms with Crippen molar-refractivity contribution in [3.05, 3.63) is 119 Å². The van der Waals surface area contributed by atoms with Crippen molar-refractivity contribution in [1.82, 2.24) is 29.9 Å². The van der Waals surface area contributed by atoms with Gasteiger partial charge in [0.1, 0.15) is 5.82 Å². The smallest absolute Gasteiger partial charge is 0.159 e. The van der Waals surface area contributed by atoms with Gasteiger partial charge in [-0.05, 0) is 94.0 Å². The third-order valence-corrected chi connectivity index (χ3v) is 8.85. The first-order valence-electron chi connectivity index (χ1n) is 19.4.